The molecule has 6 heteroatoms. The average molecular weight is 222 g/mol. The average Bonchev–Trinajstić information content (AvgIpc) is 2.65. The highest BCUT2D eigenvalue weighted by atomic mass is 16.2. The van der Waals surface area contributed by atoms with E-state index in [0.29, 0.717) is 11.4 Å². The van der Waals surface area contributed by atoms with Crippen LogP contribution in [0.3, 0.4) is 0 Å². The van der Waals surface area contributed by atoms with Crippen LogP contribution in [0.15, 0.2) is 6.20 Å². The Balaban J connectivity index is 2.21. The standard InChI is InChI=1S/C10H14N4O2/c1-10(2)3-7(15)14(9(10)16)5-6-4-12-13-8(6)11/h4H,3,5H2,1-2H3,(H3,11,12,13). The minimum absolute atomic E-state index is 0.155. The third-order valence-corrected chi connectivity index (χ3v) is 2.80. The predicted molar refractivity (Wildman–Crippen MR) is 57.0 cm³/mol. The number of likely N-dealkylation sites (tertiary alicyclic amines) is 1. The molecule has 0 atom stereocenters. The van der Waals surface area contributed by atoms with Gasteiger partial charge in [-0.05, 0) is 0 Å². The second-order valence-electron chi connectivity index (χ2n) is 4.65. The lowest BCUT2D eigenvalue weighted by Crippen LogP contribution is -2.32. The van der Waals surface area contributed by atoms with Crippen molar-refractivity contribution in [3.8, 4) is 0 Å². The Morgan fingerprint density at radius 1 is 1.56 bits per heavy atom. The molecule has 0 saturated carbocycles. The van der Waals surface area contributed by atoms with E-state index in [1.807, 2.05) is 0 Å². The number of amides is 2. The van der Waals surface area contributed by atoms with Crippen LogP contribution < -0.4 is 5.73 Å². The van der Waals surface area contributed by atoms with Gasteiger partial charge in [0.05, 0.1) is 18.2 Å². The molecule has 1 fully saturated rings. The van der Waals surface area contributed by atoms with Gasteiger partial charge in [0.25, 0.3) is 0 Å². The fourth-order valence-electron chi connectivity index (χ4n) is 1.81. The third-order valence-electron chi connectivity index (χ3n) is 2.80. The molecule has 2 amide bonds. The summed E-state index contributed by atoms with van der Waals surface area (Å²) >= 11 is 0. The van der Waals surface area contributed by atoms with Crippen molar-refractivity contribution in [3.05, 3.63) is 11.8 Å². The first-order valence-electron chi connectivity index (χ1n) is 5.04. The Morgan fingerprint density at radius 3 is 2.69 bits per heavy atom. The summed E-state index contributed by atoms with van der Waals surface area (Å²) in [5.74, 6) is 0.0824. The van der Waals surface area contributed by atoms with Gasteiger partial charge in [-0.1, -0.05) is 13.8 Å². The first-order valence-corrected chi connectivity index (χ1v) is 5.04. The number of carbonyl (C=O) groups excluding carboxylic acids is 2. The molecule has 2 rings (SSSR count). The molecule has 1 aliphatic rings. The molecule has 0 bridgehead atoms. The number of H-pyrrole nitrogens is 1. The molecule has 1 aromatic rings. The maximum atomic E-state index is 11.9. The number of nitrogen functional groups attached to an aromatic ring is 1. The molecule has 2 heterocycles. The van der Waals surface area contributed by atoms with Crippen molar-refractivity contribution in [2.45, 2.75) is 26.8 Å². The molecule has 0 unspecified atom stereocenters. The molecule has 0 aromatic carbocycles. The van der Waals surface area contributed by atoms with Crippen molar-refractivity contribution in [1.82, 2.24) is 15.1 Å². The molecule has 1 aliphatic heterocycles. The first-order chi connectivity index (χ1) is 7.42. The van der Waals surface area contributed by atoms with Crippen LogP contribution in [0.2, 0.25) is 0 Å². The van der Waals surface area contributed by atoms with Crippen molar-refractivity contribution in [3.63, 3.8) is 0 Å². The smallest absolute Gasteiger partial charge is 0.235 e. The minimum atomic E-state index is -0.602. The van der Waals surface area contributed by atoms with Crippen molar-refractivity contribution < 1.29 is 9.59 Å². The summed E-state index contributed by atoms with van der Waals surface area (Å²) in [4.78, 5) is 24.8. The molecule has 1 saturated heterocycles. The van der Waals surface area contributed by atoms with Crippen LogP contribution in [-0.4, -0.2) is 26.9 Å². The second-order valence-corrected chi connectivity index (χ2v) is 4.65. The van der Waals surface area contributed by atoms with Gasteiger partial charge >= 0.3 is 0 Å². The summed E-state index contributed by atoms with van der Waals surface area (Å²) in [7, 11) is 0. The lowest BCUT2D eigenvalue weighted by atomic mass is 9.92. The van der Waals surface area contributed by atoms with E-state index in [1.165, 1.54) is 11.1 Å². The van der Waals surface area contributed by atoms with Gasteiger partial charge in [-0.25, -0.2) is 0 Å². The number of carbonyl (C=O) groups is 2. The fraction of sp³-hybridized carbons (Fsp3) is 0.500. The summed E-state index contributed by atoms with van der Waals surface area (Å²) in [5, 5.41) is 6.32. The van der Waals surface area contributed by atoms with Crippen LogP contribution in [0, 0.1) is 5.41 Å². The van der Waals surface area contributed by atoms with E-state index < -0.39 is 5.41 Å². The number of hydrogen-bond acceptors (Lipinski definition) is 4. The number of nitrogens with one attached hydrogen (secondary N) is 1. The highest BCUT2D eigenvalue weighted by Crippen LogP contribution is 2.32. The van der Waals surface area contributed by atoms with E-state index in [-0.39, 0.29) is 24.8 Å². The lowest BCUT2D eigenvalue weighted by molar-refractivity contribution is -0.141. The van der Waals surface area contributed by atoms with Gasteiger partial charge in [0.1, 0.15) is 5.82 Å². The summed E-state index contributed by atoms with van der Waals surface area (Å²) in [6.07, 6.45) is 1.78. The first kappa shape index (κ1) is 10.7. The Morgan fingerprint density at radius 2 is 2.25 bits per heavy atom. The van der Waals surface area contributed by atoms with Crippen molar-refractivity contribution in [2.75, 3.05) is 5.73 Å². The Bertz CT molecular complexity index is 449. The molecule has 16 heavy (non-hydrogen) atoms. The van der Waals surface area contributed by atoms with E-state index >= 15 is 0 Å². The number of nitrogens with zero attached hydrogens (tertiary/aromatic N) is 2. The SMILES string of the molecule is CC1(C)CC(=O)N(Cc2cn[nH]c2N)C1=O. The van der Waals surface area contributed by atoms with Gasteiger partial charge in [-0.15, -0.1) is 0 Å². The van der Waals surface area contributed by atoms with Gasteiger partial charge in [0.15, 0.2) is 0 Å². The quantitative estimate of drug-likeness (QED) is 0.703. The van der Waals surface area contributed by atoms with Crippen molar-refractivity contribution in [1.29, 1.82) is 0 Å². The number of anilines is 1. The second kappa shape index (κ2) is 3.33. The molecule has 0 spiro atoms. The summed E-state index contributed by atoms with van der Waals surface area (Å²) < 4.78 is 0. The van der Waals surface area contributed by atoms with Gasteiger partial charge in [0.2, 0.25) is 11.8 Å². The zero-order chi connectivity index (χ0) is 11.9. The Labute approximate surface area is 92.8 Å². The van der Waals surface area contributed by atoms with Crippen LogP contribution >= 0.6 is 0 Å². The maximum absolute atomic E-state index is 11.9. The van der Waals surface area contributed by atoms with Gasteiger partial charge < -0.3 is 5.73 Å². The van der Waals surface area contributed by atoms with E-state index in [2.05, 4.69) is 10.2 Å². The number of rotatable bonds is 2. The lowest BCUT2D eigenvalue weighted by Gasteiger charge is -2.17. The zero-order valence-corrected chi connectivity index (χ0v) is 9.28. The van der Waals surface area contributed by atoms with Crippen LogP contribution in [0.5, 0.6) is 0 Å². The van der Waals surface area contributed by atoms with Gasteiger partial charge in [-0.3, -0.25) is 19.6 Å². The van der Waals surface area contributed by atoms with E-state index in [1.54, 1.807) is 13.8 Å². The predicted octanol–water partition coefficient (Wildman–Crippen LogP) is 0.277. The molecule has 0 radical (unpaired) electrons. The largest absolute Gasteiger partial charge is 0.384 e. The van der Waals surface area contributed by atoms with Crippen molar-refractivity contribution >= 4 is 17.6 Å². The number of aromatic nitrogens is 2. The normalized spacial score (nSPS) is 19.5. The highest BCUT2D eigenvalue weighted by molar-refractivity contribution is 6.05. The molecular weight excluding hydrogens is 208 g/mol. The van der Waals surface area contributed by atoms with Gasteiger partial charge in [-0.2, -0.15) is 5.10 Å². The number of aromatic amines is 1. The summed E-state index contributed by atoms with van der Waals surface area (Å²) in [5.41, 5.74) is 5.67. The van der Waals surface area contributed by atoms with Crippen LogP contribution in [0.4, 0.5) is 5.82 Å². The number of nitrogens with two attached hydrogens (primary N) is 1. The topological polar surface area (TPSA) is 92.1 Å². The molecule has 0 aliphatic carbocycles. The van der Waals surface area contributed by atoms with Crippen LogP contribution in [0.25, 0.3) is 0 Å². The van der Waals surface area contributed by atoms with Gasteiger partial charge in [0, 0.05) is 12.0 Å². The minimum Gasteiger partial charge on any atom is -0.384 e. The van der Waals surface area contributed by atoms with E-state index in [0.717, 1.165) is 0 Å². The number of hydrogen-bond donors (Lipinski definition) is 2. The van der Waals surface area contributed by atoms with Crippen LogP contribution in [-0.2, 0) is 16.1 Å². The molecule has 3 N–H and O–H groups in total. The van der Waals surface area contributed by atoms with E-state index in [4.69, 9.17) is 5.73 Å². The number of imide groups is 1. The maximum Gasteiger partial charge on any atom is 0.235 e. The third kappa shape index (κ3) is 1.56. The molecule has 6 nitrogen and oxygen atoms in total. The summed E-state index contributed by atoms with van der Waals surface area (Å²) in [6, 6.07) is 0. The molecule has 86 valence electrons. The van der Waals surface area contributed by atoms with Crippen molar-refractivity contribution in [2.24, 2.45) is 5.41 Å². The summed E-state index contributed by atoms with van der Waals surface area (Å²) in [6.45, 7) is 3.74. The van der Waals surface area contributed by atoms with E-state index in [9.17, 15) is 9.59 Å². The molecule has 1 aromatic heterocycles. The molecular formula is C10H14N4O2. The zero-order valence-electron chi connectivity index (χ0n) is 9.28. The Kier molecular flexibility index (Phi) is 2.22. The fourth-order valence-corrected chi connectivity index (χ4v) is 1.81. The van der Waals surface area contributed by atoms with Crippen LogP contribution in [0.1, 0.15) is 25.8 Å². The Hall–Kier alpha value is -1.85. The highest BCUT2D eigenvalue weighted by Gasteiger charge is 2.44. The monoisotopic (exact) mass is 222 g/mol.